The summed E-state index contributed by atoms with van der Waals surface area (Å²) in [6, 6.07) is 14.5. The second-order valence-corrected chi connectivity index (χ2v) is 9.67. The second kappa shape index (κ2) is 9.11. The maximum absolute atomic E-state index is 13.1. The Bertz CT molecular complexity index is 1140. The maximum atomic E-state index is 13.1. The average molecular weight is 469 g/mol. The monoisotopic (exact) mass is 468 g/mol. The van der Waals surface area contributed by atoms with Crippen molar-refractivity contribution in [1.82, 2.24) is 4.90 Å². The van der Waals surface area contributed by atoms with Crippen LogP contribution < -0.4 is 4.72 Å². The molecule has 0 unspecified atom stereocenters. The lowest BCUT2D eigenvalue weighted by Gasteiger charge is -2.20. The van der Waals surface area contributed by atoms with Gasteiger partial charge in [0.25, 0.3) is 10.0 Å². The van der Waals surface area contributed by atoms with Gasteiger partial charge in [-0.1, -0.05) is 36.4 Å². The highest BCUT2D eigenvalue weighted by Crippen LogP contribution is 2.32. The quantitative estimate of drug-likeness (QED) is 0.543. The van der Waals surface area contributed by atoms with E-state index in [-0.39, 0.29) is 28.6 Å². The van der Waals surface area contributed by atoms with Gasteiger partial charge in [-0.2, -0.15) is 13.2 Å². The van der Waals surface area contributed by atoms with Gasteiger partial charge in [0.15, 0.2) is 0 Å². The number of nitrogens with one attached hydrogen (secondary N) is 1. The molecule has 0 saturated heterocycles. The zero-order valence-electron chi connectivity index (χ0n) is 16.4. The lowest BCUT2D eigenvalue weighted by atomic mass is 10.1. The number of alkyl halides is 3. The van der Waals surface area contributed by atoms with Crippen molar-refractivity contribution < 1.29 is 26.4 Å². The number of carbonyl (C=O) groups is 1. The van der Waals surface area contributed by atoms with Crippen molar-refractivity contribution in [3.8, 4) is 0 Å². The standard InChI is InChI=1S/C21H19F3N2O3S2/c1-26(14-16-5-2-3-6-18(16)21(22,23)24)19(27)13-15-8-10-17(11-9-15)25-31(28,29)20-7-4-12-30-20/h2-12,25H,13-14H2,1H3. The van der Waals surface area contributed by atoms with Crippen LogP contribution in [0.3, 0.4) is 0 Å². The third-order valence-electron chi connectivity index (χ3n) is 4.48. The van der Waals surface area contributed by atoms with E-state index in [9.17, 15) is 26.4 Å². The Kier molecular flexibility index (Phi) is 6.71. The molecule has 164 valence electrons. The zero-order chi connectivity index (χ0) is 22.6. The molecule has 1 aromatic heterocycles. The first-order valence-electron chi connectivity index (χ1n) is 9.10. The summed E-state index contributed by atoms with van der Waals surface area (Å²) in [4.78, 5) is 13.7. The lowest BCUT2D eigenvalue weighted by molar-refractivity contribution is -0.139. The van der Waals surface area contributed by atoms with Gasteiger partial charge in [-0.3, -0.25) is 9.52 Å². The Balaban J connectivity index is 1.63. The van der Waals surface area contributed by atoms with Gasteiger partial charge in [-0.05, 0) is 40.8 Å². The molecule has 1 heterocycles. The summed E-state index contributed by atoms with van der Waals surface area (Å²) < 4.78 is 66.6. The number of thiophene rings is 1. The highest BCUT2D eigenvalue weighted by molar-refractivity contribution is 7.94. The summed E-state index contributed by atoms with van der Waals surface area (Å²) in [5, 5.41) is 1.66. The predicted molar refractivity (Wildman–Crippen MR) is 113 cm³/mol. The summed E-state index contributed by atoms with van der Waals surface area (Å²) in [5.74, 6) is -0.358. The van der Waals surface area contributed by atoms with Gasteiger partial charge in [-0.15, -0.1) is 11.3 Å². The minimum atomic E-state index is -4.49. The predicted octanol–water partition coefficient (Wildman–Crippen LogP) is 4.77. The van der Waals surface area contributed by atoms with E-state index in [1.54, 1.807) is 23.6 Å². The van der Waals surface area contributed by atoms with Gasteiger partial charge in [-0.25, -0.2) is 8.42 Å². The molecule has 0 aliphatic rings. The fourth-order valence-electron chi connectivity index (χ4n) is 2.90. The van der Waals surface area contributed by atoms with Crippen LogP contribution in [0.15, 0.2) is 70.3 Å². The van der Waals surface area contributed by atoms with Gasteiger partial charge in [0.1, 0.15) is 4.21 Å². The molecule has 0 aliphatic heterocycles. The molecule has 0 radical (unpaired) electrons. The number of halogens is 3. The van der Waals surface area contributed by atoms with E-state index in [0.717, 1.165) is 17.4 Å². The summed E-state index contributed by atoms with van der Waals surface area (Å²) in [7, 11) is -2.23. The molecule has 5 nitrogen and oxygen atoms in total. The number of sulfonamides is 1. The van der Waals surface area contributed by atoms with E-state index in [4.69, 9.17) is 0 Å². The normalized spacial score (nSPS) is 11.9. The van der Waals surface area contributed by atoms with Crippen molar-refractivity contribution >= 4 is 33.0 Å². The molecule has 3 aromatic rings. The number of nitrogens with zero attached hydrogens (tertiary/aromatic N) is 1. The molecule has 10 heteroatoms. The summed E-state index contributed by atoms with van der Waals surface area (Å²) in [5.41, 5.74) is 0.207. The number of anilines is 1. The summed E-state index contributed by atoms with van der Waals surface area (Å²) in [6.07, 6.45) is -4.52. The number of hydrogen-bond acceptors (Lipinski definition) is 4. The largest absolute Gasteiger partial charge is 0.416 e. The first-order chi connectivity index (χ1) is 14.6. The topological polar surface area (TPSA) is 66.5 Å². The number of rotatable bonds is 7. The molecular formula is C21H19F3N2O3S2. The molecule has 2 aromatic carbocycles. The van der Waals surface area contributed by atoms with Crippen LogP contribution in [0.1, 0.15) is 16.7 Å². The summed E-state index contributed by atoms with van der Waals surface area (Å²) in [6.45, 7) is -0.173. The smallest absolute Gasteiger partial charge is 0.341 e. The SMILES string of the molecule is CN(Cc1ccccc1C(F)(F)F)C(=O)Cc1ccc(NS(=O)(=O)c2cccs2)cc1. The second-order valence-electron chi connectivity index (χ2n) is 6.82. The van der Waals surface area contributed by atoms with Gasteiger partial charge < -0.3 is 4.90 Å². The van der Waals surface area contributed by atoms with E-state index in [2.05, 4.69) is 4.72 Å². The maximum Gasteiger partial charge on any atom is 0.416 e. The number of amides is 1. The molecule has 0 spiro atoms. The highest BCUT2D eigenvalue weighted by Gasteiger charge is 2.33. The van der Waals surface area contributed by atoms with E-state index in [0.29, 0.717) is 11.3 Å². The Morgan fingerprint density at radius 2 is 1.71 bits per heavy atom. The van der Waals surface area contributed by atoms with Crippen LogP contribution in [0.25, 0.3) is 0 Å². The van der Waals surface area contributed by atoms with Crippen LogP contribution in [0, 0.1) is 0 Å². The van der Waals surface area contributed by atoms with Crippen molar-refractivity contribution in [2.45, 2.75) is 23.4 Å². The van der Waals surface area contributed by atoms with Crippen LogP contribution >= 0.6 is 11.3 Å². The molecule has 0 bridgehead atoms. The first kappa shape index (κ1) is 22.8. The Hall–Kier alpha value is -2.85. The molecule has 3 rings (SSSR count). The van der Waals surface area contributed by atoms with E-state index >= 15 is 0 Å². The van der Waals surface area contributed by atoms with Crippen LogP contribution in [0.2, 0.25) is 0 Å². The molecule has 0 atom stereocenters. The van der Waals surface area contributed by atoms with Crippen molar-refractivity contribution in [3.05, 3.63) is 82.7 Å². The Morgan fingerprint density at radius 3 is 2.32 bits per heavy atom. The van der Waals surface area contributed by atoms with Crippen molar-refractivity contribution in [2.75, 3.05) is 11.8 Å². The van der Waals surface area contributed by atoms with E-state index < -0.39 is 21.8 Å². The zero-order valence-corrected chi connectivity index (χ0v) is 18.0. The third kappa shape index (κ3) is 5.86. The molecule has 0 saturated carbocycles. The number of benzene rings is 2. The average Bonchev–Trinajstić information content (AvgIpc) is 3.25. The van der Waals surface area contributed by atoms with Gasteiger partial charge in [0.05, 0.1) is 12.0 Å². The van der Waals surface area contributed by atoms with Crippen molar-refractivity contribution in [1.29, 1.82) is 0 Å². The van der Waals surface area contributed by atoms with Crippen LogP contribution in [-0.2, 0) is 34.0 Å². The van der Waals surface area contributed by atoms with Crippen LogP contribution in [0.5, 0.6) is 0 Å². The fourth-order valence-corrected chi connectivity index (χ4v) is 4.95. The molecule has 31 heavy (non-hydrogen) atoms. The van der Waals surface area contributed by atoms with Crippen LogP contribution in [-0.4, -0.2) is 26.3 Å². The molecule has 1 amide bonds. The Morgan fingerprint density at radius 1 is 1.03 bits per heavy atom. The molecule has 0 aliphatic carbocycles. The first-order valence-corrected chi connectivity index (χ1v) is 11.5. The van der Waals surface area contributed by atoms with Gasteiger partial charge >= 0.3 is 6.18 Å². The molecular weight excluding hydrogens is 449 g/mol. The van der Waals surface area contributed by atoms with Gasteiger partial charge in [0.2, 0.25) is 5.91 Å². The molecule has 0 fully saturated rings. The Labute approximate surface area is 182 Å². The minimum absolute atomic E-state index is 0.0178. The van der Waals surface area contributed by atoms with Crippen molar-refractivity contribution in [3.63, 3.8) is 0 Å². The number of likely N-dealkylation sites (N-methyl/N-ethyl adjacent to an activating group) is 1. The fraction of sp³-hybridized carbons (Fsp3) is 0.190. The third-order valence-corrected chi connectivity index (χ3v) is 7.26. The van der Waals surface area contributed by atoms with Crippen molar-refractivity contribution in [2.24, 2.45) is 0 Å². The number of hydrogen-bond donors (Lipinski definition) is 1. The van der Waals surface area contributed by atoms with Gasteiger partial charge in [0, 0.05) is 19.3 Å². The van der Waals surface area contributed by atoms with E-state index in [1.807, 2.05) is 0 Å². The lowest BCUT2D eigenvalue weighted by Crippen LogP contribution is -2.28. The summed E-state index contributed by atoms with van der Waals surface area (Å²) >= 11 is 1.10. The molecule has 1 N–H and O–H groups in total. The van der Waals surface area contributed by atoms with Crippen LogP contribution in [0.4, 0.5) is 18.9 Å². The number of carbonyl (C=O) groups excluding carboxylic acids is 1. The minimum Gasteiger partial charge on any atom is -0.341 e. The highest BCUT2D eigenvalue weighted by atomic mass is 32.2. The van der Waals surface area contributed by atoms with E-state index in [1.165, 1.54) is 48.3 Å².